The van der Waals surface area contributed by atoms with Crippen molar-refractivity contribution in [1.29, 1.82) is 0 Å². The fourth-order valence-electron chi connectivity index (χ4n) is 2.86. The van der Waals surface area contributed by atoms with E-state index in [1.54, 1.807) is 18.2 Å². The van der Waals surface area contributed by atoms with Crippen molar-refractivity contribution in [2.45, 2.75) is 18.9 Å². The SMILES string of the molecule is CNC(c1cccc(Cl)c1F)c1cccc2c1OCCC2. The predicted molar refractivity (Wildman–Crippen MR) is 82.6 cm³/mol. The van der Waals surface area contributed by atoms with E-state index in [4.69, 9.17) is 16.3 Å². The highest BCUT2D eigenvalue weighted by atomic mass is 35.5. The standard InChI is InChI=1S/C17H17ClFNO/c1-20-16(12-7-3-9-14(18)15(12)19)13-8-2-5-11-6-4-10-21-17(11)13/h2-3,5,7-9,16,20H,4,6,10H2,1H3. The van der Waals surface area contributed by atoms with Gasteiger partial charge in [-0.05, 0) is 31.5 Å². The Balaban J connectivity index is 2.11. The van der Waals surface area contributed by atoms with Crippen LogP contribution in [0.5, 0.6) is 5.75 Å². The van der Waals surface area contributed by atoms with Crippen molar-refractivity contribution >= 4 is 11.6 Å². The summed E-state index contributed by atoms with van der Waals surface area (Å²) in [7, 11) is 1.81. The van der Waals surface area contributed by atoms with Crippen molar-refractivity contribution in [3.63, 3.8) is 0 Å². The van der Waals surface area contributed by atoms with Gasteiger partial charge >= 0.3 is 0 Å². The van der Waals surface area contributed by atoms with Gasteiger partial charge in [-0.15, -0.1) is 0 Å². The Kier molecular flexibility index (Phi) is 4.13. The zero-order valence-corrected chi connectivity index (χ0v) is 12.6. The smallest absolute Gasteiger partial charge is 0.146 e. The van der Waals surface area contributed by atoms with Gasteiger partial charge in [-0.2, -0.15) is 0 Å². The van der Waals surface area contributed by atoms with Crippen LogP contribution in [0.25, 0.3) is 0 Å². The quantitative estimate of drug-likeness (QED) is 0.921. The monoisotopic (exact) mass is 305 g/mol. The molecule has 2 aromatic carbocycles. The summed E-state index contributed by atoms with van der Waals surface area (Å²) in [6.45, 7) is 0.707. The predicted octanol–water partition coefficient (Wildman–Crippen LogP) is 4.11. The highest BCUT2D eigenvalue weighted by molar-refractivity contribution is 6.30. The van der Waals surface area contributed by atoms with Gasteiger partial charge in [0.05, 0.1) is 17.7 Å². The molecule has 2 aromatic rings. The van der Waals surface area contributed by atoms with Crippen LogP contribution in [0.2, 0.25) is 5.02 Å². The molecule has 0 saturated heterocycles. The maximum atomic E-state index is 14.3. The maximum absolute atomic E-state index is 14.3. The van der Waals surface area contributed by atoms with Crippen LogP contribution in [0.1, 0.15) is 29.2 Å². The largest absolute Gasteiger partial charge is 0.493 e. The van der Waals surface area contributed by atoms with Gasteiger partial charge in [0.15, 0.2) is 0 Å². The number of para-hydroxylation sites is 1. The highest BCUT2D eigenvalue weighted by Gasteiger charge is 2.24. The number of nitrogens with one attached hydrogen (secondary N) is 1. The second-order valence-corrected chi connectivity index (χ2v) is 5.56. The minimum atomic E-state index is -0.382. The Hall–Kier alpha value is -1.58. The van der Waals surface area contributed by atoms with Gasteiger partial charge in [0, 0.05) is 11.1 Å². The van der Waals surface area contributed by atoms with Crippen LogP contribution in [0.4, 0.5) is 4.39 Å². The molecule has 0 aromatic heterocycles. The van der Waals surface area contributed by atoms with E-state index in [0.717, 1.165) is 24.2 Å². The molecule has 1 N–H and O–H groups in total. The molecule has 3 rings (SSSR count). The minimum Gasteiger partial charge on any atom is -0.493 e. The summed E-state index contributed by atoms with van der Waals surface area (Å²) in [5, 5.41) is 3.31. The molecule has 0 fully saturated rings. The van der Waals surface area contributed by atoms with Gasteiger partial charge in [-0.3, -0.25) is 0 Å². The van der Waals surface area contributed by atoms with Crippen LogP contribution >= 0.6 is 11.6 Å². The zero-order chi connectivity index (χ0) is 14.8. The van der Waals surface area contributed by atoms with Crippen molar-refractivity contribution in [3.8, 4) is 5.75 Å². The van der Waals surface area contributed by atoms with Crippen LogP contribution in [0.15, 0.2) is 36.4 Å². The number of aryl methyl sites for hydroxylation is 1. The van der Waals surface area contributed by atoms with Crippen LogP contribution in [0.3, 0.4) is 0 Å². The van der Waals surface area contributed by atoms with E-state index in [9.17, 15) is 4.39 Å². The lowest BCUT2D eigenvalue weighted by atomic mass is 9.93. The molecule has 0 radical (unpaired) electrons. The molecule has 0 aliphatic carbocycles. The first-order chi connectivity index (χ1) is 10.2. The van der Waals surface area contributed by atoms with Crippen molar-refractivity contribution < 1.29 is 9.13 Å². The summed E-state index contributed by atoms with van der Waals surface area (Å²) in [5.41, 5.74) is 2.67. The molecule has 1 atom stereocenters. The van der Waals surface area contributed by atoms with E-state index in [-0.39, 0.29) is 16.9 Å². The van der Waals surface area contributed by atoms with Gasteiger partial charge in [0.25, 0.3) is 0 Å². The summed E-state index contributed by atoms with van der Waals surface area (Å²) in [6, 6.07) is 10.8. The van der Waals surface area contributed by atoms with Gasteiger partial charge in [-0.1, -0.05) is 41.9 Å². The highest BCUT2D eigenvalue weighted by Crippen LogP contribution is 2.37. The molecule has 2 nitrogen and oxygen atoms in total. The minimum absolute atomic E-state index is 0.137. The Labute approximate surface area is 128 Å². The van der Waals surface area contributed by atoms with Crippen LogP contribution in [-0.4, -0.2) is 13.7 Å². The topological polar surface area (TPSA) is 21.3 Å². The fourth-order valence-corrected chi connectivity index (χ4v) is 3.05. The van der Waals surface area contributed by atoms with Crippen molar-refractivity contribution in [2.24, 2.45) is 0 Å². The van der Waals surface area contributed by atoms with E-state index < -0.39 is 0 Å². The molecule has 0 spiro atoms. The molecular weight excluding hydrogens is 289 g/mol. The van der Waals surface area contributed by atoms with Crippen LogP contribution < -0.4 is 10.1 Å². The molecule has 0 saturated carbocycles. The van der Waals surface area contributed by atoms with E-state index in [2.05, 4.69) is 11.4 Å². The van der Waals surface area contributed by atoms with Gasteiger partial charge in [0.2, 0.25) is 0 Å². The number of ether oxygens (including phenoxy) is 1. The number of hydrogen-bond donors (Lipinski definition) is 1. The number of fused-ring (bicyclic) bond motifs is 1. The Bertz CT molecular complexity index is 659. The third-order valence-electron chi connectivity index (χ3n) is 3.86. The molecular formula is C17H17ClFNO. The molecule has 0 amide bonds. The molecule has 21 heavy (non-hydrogen) atoms. The molecule has 4 heteroatoms. The Morgan fingerprint density at radius 2 is 1.95 bits per heavy atom. The van der Waals surface area contributed by atoms with E-state index >= 15 is 0 Å². The number of rotatable bonds is 3. The average molecular weight is 306 g/mol. The van der Waals surface area contributed by atoms with Crippen LogP contribution in [0, 0.1) is 5.82 Å². The van der Waals surface area contributed by atoms with E-state index in [0.29, 0.717) is 12.2 Å². The van der Waals surface area contributed by atoms with E-state index in [1.165, 1.54) is 5.56 Å². The average Bonchev–Trinajstić information content (AvgIpc) is 2.52. The lowest BCUT2D eigenvalue weighted by Crippen LogP contribution is -2.21. The molecule has 1 heterocycles. The third-order valence-corrected chi connectivity index (χ3v) is 4.15. The number of benzene rings is 2. The number of hydrogen-bond acceptors (Lipinski definition) is 2. The summed E-state index contributed by atoms with van der Waals surface area (Å²) in [6.07, 6.45) is 2.02. The fraction of sp³-hybridized carbons (Fsp3) is 0.294. The lowest BCUT2D eigenvalue weighted by molar-refractivity contribution is 0.283. The molecule has 110 valence electrons. The third kappa shape index (κ3) is 2.63. The van der Waals surface area contributed by atoms with Crippen LogP contribution in [-0.2, 0) is 6.42 Å². The normalized spacial score (nSPS) is 15.2. The molecule has 1 unspecified atom stereocenters. The zero-order valence-electron chi connectivity index (χ0n) is 11.8. The first-order valence-electron chi connectivity index (χ1n) is 7.08. The summed E-state index contributed by atoms with van der Waals surface area (Å²) in [4.78, 5) is 0. The molecule has 1 aliphatic rings. The summed E-state index contributed by atoms with van der Waals surface area (Å²) >= 11 is 5.91. The lowest BCUT2D eigenvalue weighted by Gasteiger charge is -2.25. The molecule has 1 aliphatic heterocycles. The van der Waals surface area contributed by atoms with Crippen molar-refractivity contribution in [3.05, 3.63) is 63.9 Å². The van der Waals surface area contributed by atoms with Crippen molar-refractivity contribution in [2.75, 3.05) is 13.7 Å². The summed E-state index contributed by atoms with van der Waals surface area (Å²) in [5.74, 6) is 0.495. The van der Waals surface area contributed by atoms with E-state index in [1.807, 2.05) is 19.2 Å². The summed E-state index contributed by atoms with van der Waals surface area (Å²) < 4.78 is 20.2. The van der Waals surface area contributed by atoms with Gasteiger partial charge in [-0.25, -0.2) is 4.39 Å². The maximum Gasteiger partial charge on any atom is 0.146 e. The molecule has 0 bridgehead atoms. The first-order valence-corrected chi connectivity index (χ1v) is 7.46. The van der Waals surface area contributed by atoms with Gasteiger partial charge < -0.3 is 10.1 Å². The Morgan fingerprint density at radius 1 is 1.19 bits per heavy atom. The van der Waals surface area contributed by atoms with Gasteiger partial charge in [0.1, 0.15) is 11.6 Å². The number of halogens is 2. The van der Waals surface area contributed by atoms with Crippen molar-refractivity contribution in [1.82, 2.24) is 5.32 Å². The second kappa shape index (κ2) is 6.04. The second-order valence-electron chi connectivity index (χ2n) is 5.15. The Morgan fingerprint density at radius 3 is 2.76 bits per heavy atom. The first kappa shape index (κ1) is 14.4.